The lowest BCUT2D eigenvalue weighted by Crippen LogP contribution is -2.33. The van der Waals surface area contributed by atoms with Crippen molar-refractivity contribution < 1.29 is 17.9 Å². The van der Waals surface area contributed by atoms with Gasteiger partial charge in [0.05, 0.1) is 6.10 Å². The fraction of sp³-hybridized carbons (Fsp3) is 0.583. The molecule has 0 fully saturated rings. The first-order valence-electron chi connectivity index (χ1n) is 6.34. The summed E-state index contributed by atoms with van der Waals surface area (Å²) in [5, 5.41) is 2.70. The Hall–Kier alpha value is -1.05. The van der Waals surface area contributed by atoms with Crippen LogP contribution in [0.15, 0.2) is 17.2 Å². The van der Waals surface area contributed by atoms with Crippen LogP contribution in [0.4, 0.5) is 0 Å². The smallest absolute Gasteiger partial charge is 0.268 e. The minimum absolute atomic E-state index is 0.0796. The van der Waals surface area contributed by atoms with Crippen LogP contribution in [0.25, 0.3) is 0 Å². The number of carbonyl (C=O) groups excluding carboxylic acids is 1. The van der Waals surface area contributed by atoms with Crippen molar-refractivity contribution in [2.75, 3.05) is 13.2 Å². The van der Waals surface area contributed by atoms with E-state index in [4.69, 9.17) is 15.4 Å². The van der Waals surface area contributed by atoms with Crippen LogP contribution < -0.4 is 5.32 Å². The van der Waals surface area contributed by atoms with E-state index in [0.717, 1.165) is 0 Å². The molecule has 1 unspecified atom stereocenters. The van der Waals surface area contributed by atoms with Crippen molar-refractivity contribution in [1.82, 2.24) is 9.88 Å². The number of ether oxygens (including phenoxy) is 1. The first-order valence-corrected chi connectivity index (χ1v) is 8.65. The zero-order valence-corrected chi connectivity index (χ0v) is 13.3. The Bertz CT molecular complexity index is 568. The average molecular weight is 323 g/mol. The van der Waals surface area contributed by atoms with Gasteiger partial charge in [-0.15, -0.1) is 0 Å². The van der Waals surface area contributed by atoms with E-state index in [-0.39, 0.29) is 22.6 Å². The number of carbonyl (C=O) groups is 1. The highest BCUT2D eigenvalue weighted by molar-refractivity contribution is 8.13. The number of rotatable bonds is 7. The molecule has 1 aromatic heterocycles. The topological polar surface area (TPSA) is 77.4 Å². The molecule has 1 amide bonds. The van der Waals surface area contributed by atoms with E-state index < -0.39 is 9.05 Å². The van der Waals surface area contributed by atoms with Gasteiger partial charge in [0, 0.05) is 36.6 Å². The molecule has 0 radical (unpaired) electrons. The van der Waals surface area contributed by atoms with Gasteiger partial charge in [-0.1, -0.05) is 0 Å². The molecule has 0 saturated carbocycles. The first-order chi connectivity index (χ1) is 9.29. The van der Waals surface area contributed by atoms with Crippen molar-refractivity contribution in [3.8, 4) is 0 Å². The SMILES string of the molecule is CCOC(C)CNC(=O)c1cc(S(=O)(=O)Cl)cn1CC. The summed E-state index contributed by atoms with van der Waals surface area (Å²) >= 11 is 0. The van der Waals surface area contributed by atoms with Crippen molar-refractivity contribution in [1.29, 1.82) is 0 Å². The third-order valence-corrected chi connectivity index (χ3v) is 4.05. The maximum atomic E-state index is 12.0. The number of aromatic nitrogens is 1. The van der Waals surface area contributed by atoms with Crippen LogP contribution in [0.1, 0.15) is 31.3 Å². The van der Waals surface area contributed by atoms with E-state index in [1.165, 1.54) is 16.8 Å². The highest BCUT2D eigenvalue weighted by Gasteiger charge is 2.19. The second-order valence-electron chi connectivity index (χ2n) is 4.26. The van der Waals surface area contributed by atoms with Gasteiger partial charge >= 0.3 is 0 Å². The monoisotopic (exact) mass is 322 g/mol. The minimum atomic E-state index is -3.84. The molecule has 1 N–H and O–H groups in total. The maximum absolute atomic E-state index is 12.0. The number of amides is 1. The maximum Gasteiger partial charge on any atom is 0.268 e. The third kappa shape index (κ3) is 4.50. The van der Waals surface area contributed by atoms with Gasteiger partial charge in [0.1, 0.15) is 10.6 Å². The molecule has 1 aromatic rings. The van der Waals surface area contributed by atoms with Gasteiger partial charge in [-0.05, 0) is 26.8 Å². The molecule has 20 heavy (non-hydrogen) atoms. The van der Waals surface area contributed by atoms with E-state index in [2.05, 4.69) is 5.32 Å². The highest BCUT2D eigenvalue weighted by atomic mass is 35.7. The average Bonchev–Trinajstić information content (AvgIpc) is 2.80. The Labute approximate surface area is 123 Å². The van der Waals surface area contributed by atoms with E-state index >= 15 is 0 Å². The lowest BCUT2D eigenvalue weighted by atomic mass is 10.3. The summed E-state index contributed by atoms with van der Waals surface area (Å²) in [6, 6.07) is 1.27. The summed E-state index contributed by atoms with van der Waals surface area (Å²) in [7, 11) is 1.44. The van der Waals surface area contributed by atoms with Gasteiger partial charge in [0.15, 0.2) is 0 Å². The molecule has 6 nitrogen and oxygen atoms in total. The number of hydrogen-bond donors (Lipinski definition) is 1. The van der Waals surface area contributed by atoms with Crippen LogP contribution in [0, 0.1) is 0 Å². The van der Waals surface area contributed by atoms with Crippen LogP contribution in [-0.4, -0.2) is 38.1 Å². The molecule has 1 rings (SSSR count). The van der Waals surface area contributed by atoms with Crippen LogP contribution in [-0.2, 0) is 20.3 Å². The van der Waals surface area contributed by atoms with Gasteiger partial charge in [0.25, 0.3) is 15.0 Å². The Kier molecular flexibility index (Phi) is 6.04. The zero-order valence-electron chi connectivity index (χ0n) is 11.7. The van der Waals surface area contributed by atoms with Crippen LogP contribution in [0.2, 0.25) is 0 Å². The molecule has 0 aromatic carbocycles. The fourth-order valence-electron chi connectivity index (χ4n) is 1.74. The minimum Gasteiger partial charge on any atom is -0.377 e. The third-order valence-electron chi connectivity index (χ3n) is 2.73. The zero-order chi connectivity index (χ0) is 15.3. The first kappa shape index (κ1) is 17.0. The summed E-state index contributed by atoms with van der Waals surface area (Å²) < 4.78 is 29.4. The number of hydrogen-bond acceptors (Lipinski definition) is 4. The van der Waals surface area contributed by atoms with Crippen LogP contribution in [0.3, 0.4) is 0 Å². The largest absolute Gasteiger partial charge is 0.377 e. The molecule has 1 atom stereocenters. The summed E-state index contributed by atoms with van der Waals surface area (Å²) in [5.74, 6) is -0.357. The van der Waals surface area contributed by atoms with E-state index in [1.54, 1.807) is 0 Å². The van der Waals surface area contributed by atoms with Crippen LogP contribution >= 0.6 is 10.7 Å². The molecule has 0 spiro atoms. The molecule has 0 bridgehead atoms. The Balaban J connectivity index is 2.85. The molecule has 0 aliphatic rings. The lowest BCUT2D eigenvalue weighted by molar-refractivity contribution is 0.0691. The number of nitrogens with zero attached hydrogens (tertiary/aromatic N) is 1. The molecule has 114 valence electrons. The Morgan fingerprint density at radius 2 is 2.15 bits per heavy atom. The summed E-state index contributed by atoms with van der Waals surface area (Å²) in [4.78, 5) is 12.0. The highest BCUT2D eigenvalue weighted by Crippen LogP contribution is 2.18. The van der Waals surface area contributed by atoms with E-state index in [1.807, 2.05) is 20.8 Å². The molecule has 0 aliphatic carbocycles. The van der Waals surface area contributed by atoms with E-state index in [0.29, 0.717) is 19.7 Å². The van der Waals surface area contributed by atoms with E-state index in [9.17, 15) is 13.2 Å². The molecule has 0 saturated heterocycles. The standard InChI is InChI=1S/C12H19ClN2O4S/c1-4-15-8-10(20(13,17)18)6-11(15)12(16)14-7-9(3)19-5-2/h6,8-9H,4-5,7H2,1-3H3,(H,14,16). The molecular weight excluding hydrogens is 304 g/mol. The molecule has 1 heterocycles. The predicted octanol–water partition coefficient (Wildman–Crippen LogP) is 1.59. The molecule has 0 aliphatic heterocycles. The number of nitrogens with one attached hydrogen (secondary N) is 1. The fourth-order valence-corrected chi connectivity index (χ4v) is 2.50. The van der Waals surface area contributed by atoms with Crippen molar-refractivity contribution >= 4 is 25.6 Å². The van der Waals surface area contributed by atoms with Crippen molar-refractivity contribution in [3.63, 3.8) is 0 Å². The Morgan fingerprint density at radius 3 is 2.65 bits per heavy atom. The second-order valence-corrected chi connectivity index (χ2v) is 6.83. The summed E-state index contributed by atoms with van der Waals surface area (Å²) in [5.41, 5.74) is 0.260. The lowest BCUT2D eigenvalue weighted by Gasteiger charge is -2.13. The molecule has 8 heteroatoms. The summed E-state index contributed by atoms with van der Waals surface area (Å²) in [6.07, 6.45) is 1.24. The predicted molar refractivity (Wildman–Crippen MR) is 76.6 cm³/mol. The normalized spacial score (nSPS) is 13.2. The van der Waals surface area contributed by atoms with Gasteiger partial charge < -0.3 is 14.6 Å². The van der Waals surface area contributed by atoms with Crippen molar-refractivity contribution in [2.24, 2.45) is 0 Å². The van der Waals surface area contributed by atoms with Crippen LogP contribution in [0.5, 0.6) is 0 Å². The van der Waals surface area contributed by atoms with Crippen molar-refractivity contribution in [3.05, 3.63) is 18.0 Å². The second kappa shape index (κ2) is 7.10. The van der Waals surface area contributed by atoms with Gasteiger partial charge in [0.2, 0.25) is 0 Å². The molecular formula is C12H19ClN2O4S. The number of aryl methyl sites for hydroxylation is 1. The Morgan fingerprint density at radius 1 is 1.50 bits per heavy atom. The van der Waals surface area contributed by atoms with Crippen molar-refractivity contribution in [2.45, 2.75) is 38.3 Å². The van der Waals surface area contributed by atoms with Gasteiger partial charge in [-0.3, -0.25) is 4.79 Å². The van der Waals surface area contributed by atoms with Gasteiger partial charge in [-0.25, -0.2) is 8.42 Å². The quantitative estimate of drug-likeness (QED) is 0.773. The van der Waals surface area contributed by atoms with Gasteiger partial charge in [-0.2, -0.15) is 0 Å². The summed E-state index contributed by atoms with van der Waals surface area (Å²) in [6.45, 7) is 6.91. The number of halogens is 1.